The lowest BCUT2D eigenvalue weighted by atomic mass is 9.94. The minimum Gasteiger partial charge on any atom is -0.0628 e. The molecular formula is C18H22. The summed E-state index contributed by atoms with van der Waals surface area (Å²) in [5, 5.41) is 0. The second kappa shape index (κ2) is 5.86. The van der Waals surface area contributed by atoms with Crippen molar-refractivity contribution < 1.29 is 0 Å². The van der Waals surface area contributed by atoms with Gasteiger partial charge in [-0.15, -0.1) is 0 Å². The quantitative estimate of drug-likeness (QED) is 0.682. The summed E-state index contributed by atoms with van der Waals surface area (Å²) in [6.45, 7) is 6.73. The monoisotopic (exact) mass is 238 g/mol. The molecule has 0 unspecified atom stereocenters. The molecule has 0 aliphatic heterocycles. The van der Waals surface area contributed by atoms with E-state index in [0.29, 0.717) is 0 Å². The third-order valence-electron chi connectivity index (χ3n) is 3.34. The van der Waals surface area contributed by atoms with E-state index in [1.807, 2.05) is 0 Å². The first-order valence-electron chi connectivity index (χ1n) is 6.82. The molecule has 0 spiro atoms. The highest BCUT2D eigenvalue weighted by Crippen LogP contribution is 2.26. The van der Waals surface area contributed by atoms with Crippen LogP contribution in [0.1, 0.15) is 31.4 Å². The van der Waals surface area contributed by atoms with E-state index in [2.05, 4.69) is 69.3 Å². The Morgan fingerprint density at radius 2 is 1.72 bits per heavy atom. The van der Waals surface area contributed by atoms with Gasteiger partial charge in [0.1, 0.15) is 0 Å². The molecule has 0 saturated heterocycles. The summed E-state index contributed by atoms with van der Waals surface area (Å²) in [4.78, 5) is 0. The lowest BCUT2D eigenvalue weighted by Crippen LogP contribution is -1.95. The number of hydrogen-bond acceptors (Lipinski definition) is 0. The maximum Gasteiger partial charge on any atom is -0.0152 e. The third-order valence-corrected chi connectivity index (χ3v) is 3.34. The van der Waals surface area contributed by atoms with Crippen molar-refractivity contribution in [1.82, 2.24) is 0 Å². The average molecular weight is 238 g/mol. The molecule has 0 bridgehead atoms. The van der Waals surface area contributed by atoms with Crippen LogP contribution in [-0.2, 0) is 6.42 Å². The fourth-order valence-corrected chi connectivity index (χ4v) is 2.28. The smallest absolute Gasteiger partial charge is 0.0152 e. The number of hydrogen-bond donors (Lipinski definition) is 0. The van der Waals surface area contributed by atoms with Gasteiger partial charge in [0.25, 0.3) is 0 Å². The van der Waals surface area contributed by atoms with Crippen molar-refractivity contribution in [3.63, 3.8) is 0 Å². The molecule has 0 atom stereocenters. The molecule has 2 aromatic rings. The molecule has 0 radical (unpaired) electrons. The number of benzene rings is 2. The van der Waals surface area contributed by atoms with Gasteiger partial charge in [0.05, 0.1) is 0 Å². The molecule has 0 saturated carbocycles. The van der Waals surface area contributed by atoms with E-state index < -0.39 is 0 Å². The van der Waals surface area contributed by atoms with Crippen LogP contribution >= 0.6 is 0 Å². The van der Waals surface area contributed by atoms with Crippen LogP contribution < -0.4 is 0 Å². The Morgan fingerprint density at radius 3 is 2.44 bits per heavy atom. The van der Waals surface area contributed by atoms with Crippen LogP contribution in [0.15, 0.2) is 48.5 Å². The van der Waals surface area contributed by atoms with Crippen LogP contribution in [0, 0.1) is 12.8 Å². The second-order valence-corrected chi connectivity index (χ2v) is 5.46. The Morgan fingerprint density at radius 1 is 0.944 bits per heavy atom. The van der Waals surface area contributed by atoms with Gasteiger partial charge >= 0.3 is 0 Å². The van der Waals surface area contributed by atoms with Gasteiger partial charge in [0, 0.05) is 0 Å². The zero-order valence-corrected chi connectivity index (χ0v) is 11.6. The SMILES string of the molecule is Cc1cccc(-c2ccccc2CCC(C)C)c1. The summed E-state index contributed by atoms with van der Waals surface area (Å²) in [5.41, 5.74) is 5.53. The molecule has 0 aliphatic rings. The molecule has 94 valence electrons. The van der Waals surface area contributed by atoms with E-state index in [4.69, 9.17) is 0 Å². The Labute approximate surface area is 111 Å². The molecule has 18 heavy (non-hydrogen) atoms. The lowest BCUT2D eigenvalue weighted by Gasteiger charge is -2.11. The van der Waals surface area contributed by atoms with Crippen molar-refractivity contribution in [3.05, 3.63) is 59.7 Å². The van der Waals surface area contributed by atoms with E-state index in [9.17, 15) is 0 Å². The highest BCUT2D eigenvalue weighted by molar-refractivity contribution is 5.67. The fourth-order valence-electron chi connectivity index (χ4n) is 2.28. The van der Waals surface area contributed by atoms with Gasteiger partial charge in [0.15, 0.2) is 0 Å². The van der Waals surface area contributed by atoms with Crippen LogP contribution in [0.5, 0.6) is 0 Å². The van der Waals surface area contributed by atoms with Crippen LogP contribution in [-0.4, -0.2) is 0 Å². The summed E-state index contributed by atoms with van der Waals surface area (Å²) in [7, 11) is 0. The number of aryl methyl sites for hydroxylation is 2. The first-order valence-corrected chi connectivity index (χ1v) is 6.82. The third kappa shape index (κ3) is 3.22. The highest BCUT2D eigenvalue weighted by Gasteiger charge is 2.05. The van der Waals surface area contributed by atoms with Gasteiger partial charge in [0.2, 0.25) is 0 Å². The summed E-state index contributed by atoms with van der Waals surface area (Å²) in [5.74, 6) is 0.760. The highest BCUT2D eigenvalue weighted by atomic mass is 14.1. The number of rotatable bonds is 4. The molecule has 0 aliphatic carbocycles. The molecule has 0 aromatic heterocycles. The van der Waals surface area contributed by atoms with E-state index in [1.54, 1.807) is 0 Å². The van der Waals surface area contributed by atoms with Crippen LogP contribution in [0.25, 0.3) is 11.1 Å². The Balaban J connectivity index is 2.32. The summed E-state index contributed by atoms with van der Waals surface area (Å²) in [6, 6.07) is 17.6. The van der Waals surface area contributed by atoms with Gasteiger partial charge in [-0.1, -0.05) is 67.9 Å². The zero-order valence-electron chi connectivity index (χ0n) is 11.6. The van der Waals surface area contributed by atoms with Gasteiger partial charge in [-0.25, -0.2) is 0 Å². The maximum atomic E-state index is 2.29. The summed E-state index contributed by atoms with van der Waals surface area (Å²) in [6.07, 6.45) is 2.42. The first kappa shape index (κ1) is 12.9. The molecule has 0 heterocycles. The fraction of sp³-hybridized carbons (Fsp3) is 0.333. The maximum absolute atomic E-state index is 2.29. The molecule has 0 N–H and O–H groups in total. The molecule has 2 aromatic carbocycles. The topological polar surface area (TPSA) is 0 Å². The Kier molecular flexibility index (Phi) is 4.19. The summed E-state index contributed by atoms with van der Waals surface area (Å²) < 4.78 is 0. The van der Waals surface area contributed by atoms with Crippen molar-refractivity contribution in [1.29, 1.82) is 0 Å². The second-order valence-electron chi connectivity index (χ2n) is 5.46. The van der Waals surface area contributed by atoms with Crippen molar-refractivity contribution in [2.45, 2.75) is 33.6 Å². The van der Waals surface area contributed by atoms with Gasteiger partial charge in [-0.3, -0.25) is 0 Å². The van der Waals surface area contributed by atoms with Gasteiger partial charge in [-0.2, -0.15) is 0 Å². The van der Waals surface area contributed by atoms with Gasteiger partial charge < -0.3 is 0 Å². The predicted octanol–water partition coefficient (Wildman–Crippen LogP) is 5.25. The lowest BCUT2D eigenvalue weighted by molar-refractivity contribution is 0.587. The predicted molar refractivity (Wildman–Crippen MR) is 79.8 cm³/mol. The van der Waals surface area contributed by atoms with Gasteiger partial charge in [-0.05, 0) is 42.4 Å². The largest absolute Gasteiger partial charge is 0.0628 e. The standard InChI is InChI=1S/C18H22/c1-14(2)11-12-16-8-4-5-10-18(16)17-9-6-7-15(3)13-17/h4-10,13-14H,11-12H2,1-3H3. The summed E-state index contributed by atoms with van der Waals surface area (Å²) >= 11 is 0. The van der Waals surface area contributed by atoms with Crippen molar-refractivity contribution >= 4 is 0 Å². The van der Waals surface area contributed by atoms with E-state index in [-0.39, 0.29) is 0 Å². The van der Waals surface area contributed by atoms with Crippen LogP contribution in [0.3, 0.4) is 0 Å². The van der Waals surface area contributed by atoms with E-state index in [1.165, 1.54) is 35.1 Å². The van der Waals surface area contributed by atoms with E-state index >= 15 is 0 Å². The molecule has 2 rings (SSSR count). The molecule has 0 heteroatoms. The van der Waals surface area contributed by atoms with Crippen LogP contribution in [0.2, 0.25) is 0 Å². The minimum absolute atomic E-state index is 0.760. The Hall–Kier alpha value is -1.56. The minimum atomic E-state index is 0.760. The van der Waals surface area contributed by atoms with E-state index in [0.717, 1.165) is 5.92 Å². The molecule has 0 nitrogen and oxygen atoms in total. The normalized spacial score (nSPS) is 10.9. The zero-order chi connectivity index (χ0) is 13.0. The molecule has 0 amide bonds. The van der Waals surface area contributed by atoms with Crippen molar-refractivity contribution in [2.75, 3.05) is 0 Å². The average Bonchev–Trinajstić information content (AvgIpc) is 2.36. The molecule has 0 fully saturated rings. The van der Waals surface area contributed by atoms with Crippen LogP contribution in [0.4, 0.5) is 0 Å². The Bertz CT molecular complexity index is 509. The van der Waals surface area contributed by atoms with Crippen molar-refractivity contribution in [3.8, 4) is 11.1 Å². The first-order chi connectivity index (χ1) is 8.66. The van der Waals surface area contributed by atoms with Crippen molar-refractivity contribution in [2.24, 2.45) is 5.92 Å². The molecular weight excluding hydrogens is 216 g/mol.